The van der Waals surface area contributed by atoms with E-state index in [2.05, 4.69) is 55.8 Å². The summed E-state index contributed by atoms with van der Waals surface area (Å²) in [6.07, 6.45) is 12.0. The van der Waals surface area contributed by atoms with Crippen LogP contribution < -0.4 is 34.0 Å². The van der Waals surface area contributed by atoms with Crippen molar-refractivity contribution in [2.75, 3.05) is 90.2 Å². The molecule has 0 aromatic rings. The summed E-state index contributed by atoms with van der Waals surface area (Å²) in [5, 5.41) is 1.54. The minimum Gasteiger partial charge on any atom is -1.00 e. The number of rotatable bonds is 15. The highest BCUT2D eigenvalue weighted by Gasteiger charge is 2.31. The Morgan fingerprint density at radius 3 is 1.14 bits per heavy atom. The molecule has 0 aromatic heterocycles. The van der Waals surface area contributed by atoms with Gasteiger partial charge in [0.2, 0.25) is 11.8 Å². The summed E-state index contributed by atoms with van der Waals surface area (Å²) in [7, 11) is 4.74. The fraction of sp³-hybridized carbons (Fsp3) is 0.923. The summed E-state index contributed by atoms with van der Waals surface area (Å²) in [5.74, 6) is 0.609. The van der Waals surface area contributed by atoms with Gasteiger partial charge in [-0.3, -0.25) is 9.59 Å². The first kappa shape index (κ1) is 36.8. The number of carbonyl (C=O) groups is 2. The molecule has 0 bridgehead atoms. The standard InChI is InChI=1S/C26H50Br2N4O2.2BrH/c1-31(21-15-29(16-22-31)25(33)11-13-27)19-9-7-5-3-4-6-8-10-20-32(2)23-17-30(18-24-32)26(34)12-14-28;;/h3-24H2,1-2H3;2*1H/q+2;;/p-2. The second kappa shape index (κ2) is 19.8. The quantitative estimate of drug-likeness (QED) is 0.113. The minimum atomic E-state index is 0. The van der Waals surface area contributed by atoms with Crippen LogP contribution in [0.2, 0.25) is 0 Å². The Morgan fingerprint density at radius 1 is 0.583 bits per heavy atom. The second-order valence-electron chi connectivity index (χ2n) is 11.0. The minimum absolute atomic E-state index is 0. The zero-order valence-electron chi connectivity index (χ0n) is 22.7. The third-order valence-electron chi connectivity index (χ3n) is 8.11. The Labute approximate surface area is 258 Å². The lowest BCUT2D eigenvalue weighted by molar-refractivity contribution is -0.913. The number of amides is 2. The number of likely N-dealkylation sites (N-methyl/N-ethyl adjacent to an activating group) is 2. The number of hydrogen-bond donors (Lipinski definition) is 0. The monoisotopic (exact) mass is 766 g/mol. The van der Waals surface area contributed by atoms with Crippen molar-refractivity contribution >= 4 is 43.7 Å². The SMILES string of the molecule is C[N+]1(CCCCCCCCCC[N+]2(C)CCN(C(=O)CCBr)CC2)CCN(C(=O)CCBr)CC1.[Br-].[Br-]. The average Bonchev–Trinajstić information content (AvgIpc) is 2.81. The van der Waals surface area contributed by atoms with Crippen LogP contribution in [0, 0.1) is 0 Å². The van der Waals surface area contributed by atoms with Crippen LogP contribution in [0.5, 0.6) is 0 Å². The van der Waals surface area contributed by atoms with Gasteiger partial charge in [-0.2, -0.15) is 0 Å². The van der Waals surface area contributed by atoms with E-state index in [9.17, 15) is 9.59 Å². The average molecular weight is 770 g/mol. The van der Waals surface area contributed by atoms with Gasteiger partial charge in [0.25, 0.3) is 0 Å². The van der Waals surface area contributed by atoms with Crippen molar-refractivity contribution < 1.29 is 52.5 Å². The fourth-order valence-electron chi connectivity index (χ4n) is 5.37. The molecule has 214 valence electrons. The van der Waals surface area contributed by atoms with E-state index in [4.69, 9.17) is 0 Å². The van der Waals surface area contributed by atoms with Crippen molar-refractivity contribution in [1.82, 2.24) is 9.80 Å². The van der Waals surface area contributed by atoms with E-state index in [-0.39, 0.29) is 34.0 Å². The molecule has 2 saturated heterocycles. The predicted octanol–water partition coefficient (Wildman–Crippen LogP) is -1.74. The number of hydrogen-bond acceptors (Lipinski definition) is 2. The molecule has 6 nitrogen and oxygen atoms in total. The number of nitrogens with zero attached hydrogens (tertiary/aromatic N) is 4. The number of unbranched alkanes of at least 4 members (excludes halogenated alkanes) is 7. The summed E-state index contributed by atoms with van der Waals surface area (Å²) in [5.41, 5.74) is 0. The molecular formula is C26H50Br4N4O2. The van der Waals surface area contributed by atoms with Gasteiger partial charge < -0.3 is 52.7 Å². The Balaban J connectivity index is 0.00000612. The molecule has 2 fully saturated rings. The fourth-order valence-corrected chi connectivity index (χ4v) is 6.05. The topological polar surface area (TPSA) is 40.6 Å². The Morgan fingerprint density at radius 2 is 0.861 bits per heavy atom. The molecule has 0 aromatic carbocycles. The van der Waals surface area contributed by atoms with E-state index in [1.54, 1.807) is 0 Å². The molecule has 36 heavy (non-hydrogen) atoms. The first-order chi connectivity index (χ1) is 16.3. The van der Waals surface area contributed by atoms with Gasteiger partial charge in [0.05, 0.1) is 79.5 Å². The molecule has 2 heterocycles. The highest BCUT2D eigenvalue weighted by molar-refractivity contribution is 9.09. The van der Waals surface area contributed by atoms with Gasteiger partial charge in [-0.25, -0.2) is 0 Å². The van der Waals surface area contributed by atoms with E-state index < -0.39 is 0 Å². The summed E-state index contributed by atoms with van der Waals surface area (Å²) in [4.78, 5) is 28.2. The number of piperazine rings is 2. The molecular weight excluding hydrogens is 720 g/mol. The molecule has 0 spiro atoms. The zero-order valence-corrected chi connectivity index (χ0v) is 29.0. The number of alkyl halides is 2. The summed E-state index contributed by atoms with van der Waals surface area (Å²) in [6, 6.07) is 0. The third-order valence-corrected chi connectivity index (χ3v) is 8.90. The first-order valence-electron chi connectivity index (χ1n) is 13.7. The summed E-state index contributed by atoms with van der Waals surface area (Å²) < 4.78 is 2.27. The molecule has 0 aliphatic carbocycles. The van der Waals surface area contributed by atoms with Gasteiger partial charge in [-0.05, 0) is 25.7 Å². The lowest BCUT2D eigenvalue weighted by atomic mass is 10.1. The molecule has 0 saturated carbocycles. The lowest BCUT2D eigenvalue weighted by Gasteiger charge is -2.42. The maximum atomic E-state index is 12.1. The lowest BCUT2D eigenvalue weighted by Crippen LogP contribution is -3.00. The van der Waals surface area contributed by atoms with Crippen LogP contribution in [0.1, 0.15) is 64.2 Å². The Hall–Kier alpha value is 0.780. The van der Waals surface area contributed by atoms with E-state index in [0.29, 0.717) is 24.7 Å². The molecule has 10 heteroatoms. The van der Waals surface area contributed by atoms with Crippen LogP contribution in [0.25, 0.3) is 0 Å². The highest BCUT2D eigenvalue weighted by Crippen LogP contribution is 2.17. The van der Waals surface area contributed by atoms with Crippen molar-refractivity contribution in [3.05, 3.63) is 0 Å². The number of carbonyl (C=O) groups excluding carboxylic acids is 2. The number of halogens is 4. The van der Waals surface area contributed by atoms with Gasteiger partial charge in [-0.1, -0.05) is 57.5 Å². The van der Waals surface area contributed by atoms with E-state index in [1.165, 1.54) is 64.5 Å². The zero-order chi connectivity index (χ0) is 24.9. The van der Waals surface area contributed by atoms with Gasteiger partial charge in [-0.15, -0.1) is 0 Å². The van der Waals surface area contributed by atoms with Crippen LogP contribution in [0.15, 0.2) is 0 Å². The normalized spacial score (nSPS) is 18.8. The molecule has 0 N–H and O–H groups in total. The van der Waals surface area contributed by atoms with Crippen molar-refractivity contribution in [3.8, 4) is 0 Å². The first-order valence-corrected chi connectivity index (χ1v) is 15.9. The van der Waals surface area contributed by atoms with Gasteiger partial charge in [0.15, 0.2) is 0 Å². The molecule has 0 unspecified atom stereocenters. The Kier molecular flexibility index (Phi) is 20.2. The van der Waals surface area contributed by atoms with Gasteiger partial charge in [0.1, 0.15) is 0 Å². The van der Waals surface area contributed by atoms with Crippen molar-refractivity contribution in [2.45, 2.75) is 64.2 Å². The van der Waals surface area contributed by atoms with Crippen molar-refractivity contribution in [2.24, 2.45) is 0 Å². The molecule has 2 aliphatic rings. The molecule has 0 atom stereocenters. The Bertz CT molecular complexity index is 559. The van der Waals surface area contributed by atoms with Gasteiger partial charge >= 0.3 is 0 Å². The molecule has 2 rings (SSSR count). The van der Waals surface area contributed by atoms with Crippen LogP contribution in [-0.2, 0) is 9.59 Å². The summed E-state index contributed by atoms with van der Waals surface area (Å²) >= 11 is 6.75. The van der Waals surface area contributed by atoms with Crippen LogP contribution in [-0.4, -0.2) is 121 Å². The van der Waals surface area contributed by atoms with E-state index >= 15 is 0 Å². The predicted molar refractivity (Wildman–Crippen MR) is 148 cm³/mol. The van der Waals surface area contributed by atoms with Gasteiger partial charge in [0, 0.05) is 23.5 Å². The number of quaternary nitrogens is 2. The molecule has 2 amide bonds. The summed E-state index contributed by atoms with van der Waals surface area (Å²) in [6.45, 7) is 10.6. The van der Waals surface area contributed by atoms with E-state index in [1.807, 2.05) is 0 Å². The highest BCUT2D eigenvalue weighted by atomic mass is 79.9. The third kappa shape index (κ3) is 13.7. The smallest absolute Gasteiger partial charge is 0.223 e. The van der Waals surface area contributed by atoms with Crippen LogP contribution >= 0.6 is 31.9 Å². The van der Waals surface area contributed by atoms with Crippen molar-refractivity contribution in [1.29, 1.82) is 0 Å². The maximum absolute atomic E-state index is 12.1. The molecule has 0 radical (unpaired) electrons. The largest absolute Gasteiger partial charge is 1.00 e. The van der Waals surface area contributed by atoms with E-state index in [0.717, 1.165) is 72.0 Å². The van der Waals surface area contributed by atoms with Crippen LogP contribution in [0.4, 0.5) is 0 Å². The maximum Gasteiger partial charge on any atom is 0.223 e. The van der Waals surface area contributed by atoms with Crippen molar-refractivity contribution in [3.63, 3.8) is 0 Å². The molecule has 2 aliphatic heterocycles. The second-order valence-corrected chi connectivity index (χ2v) is 12.6. The van der Waals surface area contributed by atoms with Crippen LogP contribution in [0.3, 0.4) is 0 Å².